The number of nitrogens with zero attached hydrogens (tertiary/aromatic N) is 1. The van der Waals surface area contributed by atoms with Gasteiger partial charge in [0.05, 0.1) is 36.6 Å². The number of halogens is 1. The quantitative estimate of drug-likeness (QED) is 0.334. The molecular formula is C31H32FN3O5. The number of esters is 1. The fraction of sp³-hybridized carbons (Fsp3) is 0.290. The molecule has 0 radical (unpaired) electrons. The van der Waals surface area contributed by atoms with E-state index in [9.17, 15) is 18.8 Å². The van der Waals surface area contributed by atoms with Crippen LogP contribution in [0.25, 0.3) is 0 Å². The summed E-state index contributed by atoms with van der Waals surface area (Å²) in [7, 11) is 0. The molecule has 2 amide bonds. The lowest BCUT2D eigenvalue weighted by atomic mass is 9.73. The van der Waals surface area contributed by atoms with E-state index in [1.807, 2.05) is 6.92 Å². The summed E-state index contributed by atoms with van der Waals surface area (Å²) < 4.78 is 24.1. The third-order valence-electron chi connectivity index (χ3n) is 6.86. The molecule has 2 aromatic carbocycles. The zero-order chi connectivity index (χ0) is 28.6. The molecular weight excluding hydrogens is 513 g/mol. The summed E-state index contributed by atoms with van der Waals surface area (Å²) in [6, 6.07) is 16.4. The predicted molar refractivity (Wildman–Crippen MR) is 148 cm³/mol. The molecule has 3 aromatic rings. The number of nitrogens with two attached hydrogens (primary N) is 1. The maximum absolute atomic E-state index is 13.4. The number of aryl methyl sites for hydroxylation is 1. The first kappa shape index (κ1) is 28.5. The van der Waals surface area contributed by atoms with Gasteiger partial charge in [-0.3, -0.25) is 14.6 Å². The fourth-order valence-corrected chi connectivity index (χ4v) is 4.91. The predicted octanol–water partition coefficient (Wildman–Crippen LogP) is 4.85. The Balaban J connectivity index is 1.70. The second kappa shape index (κ2) is 13.0. The summed E-state index contributed by atoms with van der Waals surface area (Å²) in [5, 5.41) is 2.80. The van der Waals surface area contributed by atoms with Crippen LogP contribution in [0.3, 0.4) is 0 Å². The molecule has 1 aromatic heterocycles. The number of ether oxygens (including phenoxy) is 1. The minimum atomic E-state index is -0.863. The van der Waals surface area contributed by atoms with Gasteiger partial charge < -0.3 is 20.2 Å². The molecule has 0 bridgehead atoms. The van der Waals surface area contributed by atoms with Gasteiger partial charge in [0.1, 0.15) is 11.6 Å². The SMILES string of the molecule is CCOC(=O)C1=C(CCc2ccc(F)cc2)N=C(CC)C(C(N)=O)C1c1ccc(C(=O)NCc2ccco2)cc1. The number of hydrogen-bond donors (Lipinski definition) is 2. The van der Waals surface area contributed by atoms with E-state index in [1.165, 1.54) is 18.4 Å². The monoisotopic (exact) mass is 545 g/mol. The first-order valence-corrected chi connectivity index (χ1v) is 13.2. The van der Waals surface area contributed by atoms with Gasteiger partial charge in [-0.05, 0) is 73.7 Å². The zero-order valence-electron chi connectivity index (χ0n) is 22.5. The van der Waals surface area contributed by atoms with Crippen LogP contribution in [0.15, 0.2) is 87.6 Å². The van der Waals surface area contributed by atoms with Crippen LogP contribution in [0.5, 0.6) is 0 Å². The van der Waals surface area contributed by atoms with Crippen molar-refractivity contribution in [2.75, 3.05) is 6.61 Å². The molecule has 2 unspecified atom stereocenters. The average Bonchev–Trinajstić information content (AvgIpc) is 3.48. The molecule has 0 saturated heterocycles. The Morgan fingerprint density at radius 2 is 1.75 bits per heavy atom. The van der Waals surface area contributed by atoms with Crippen LogP contribution in [-0.2, 0) is 27.3 Å². The summed E-state index contributed by atoms with van der Waals surface area (Å²) in [6.45, 7) is 3.96. The molecule has 0 fully saturated rings. The van der Waals surface area contributed by atoms with Gasteiger partial charge in [-0.2, -0.15) is 0 Å². The van der Waals surface area contributed by atoms with E-state index in [0.717, 1.165) is 5.56 Å². The minimum Gasteiger partial charge on any atom is -0.467 e. The lowest BCUT2D eigenvalue weighted by Crippen LogP contribution is -2.40. The summed E-state index contributed by atoms with van der Waals surface area (Å²) in [4.78, 5) is 43.6. The standard InChI is InChI=1S/C31H32FN3O5/c1-3-24-27(29(33)36)26(20-10-12-21(13-11-20)30(37)34-18-23-6-5-17-40-23)28(31(38)39-4-2)25(35-24)16-9-19-7-14-22(32)15-8-19/h5-8,10-15,17,26-27H,3-4,9,16,18H2,1-2H3,(H2,33,36)(H,34,37). The largest absolute Gasteiger partial charge is 0.467 e. The summed E-state index contributed by atoms with van der Waals surface area (Å²) in [5.41, 5.74) is 9.14. The van der Waals surface area contributed by atoms with E-state index in [4.69, 9.17) is 19.9 Å². The third kappa shape index (κ3) is 6.54. The summed E-state index contributed by atoms with van der Waals surface area (Å²) >= 11 is 0. The van der Waals surface area contributed by atoms with Crippen LogP contribution in [0, 0.1) is 11.7 Å². The number of amides is 2. The molecule has 1 aliphatic rings. The highest BCUT2D eigenvalue weighted by Gasteiger charge is 2.42. The highest BCUT2D eigenvalue weighted by Crippen LogP contribution is 2.41. The van der Waals surface area contributed by atoms with Gasteiger partial charge >= 0.3 is 5.97 Å². The summed E-state index contributed by atoms with van der Waals surface area (Å²) in [6.07, 6.45) is 2.86. The highest BCUT2D eigenvalue weighted by atomic mass is 19.1. The van der Waals surface area contributed by atoms with Crippen molar-refractivity contribution in [1.29, 1.82) is 0 Å². The average molecular weight is 546 g/mol. The van der Waals surface area contributed by atoms with Crippen molar-refractivity contribution >= 4 is 23.5 Å². The van der Waals surface area contributed by atoms with Crippen LogP contribution in [-0.4, -0.2) is 30.1 Å². The second-order valence-electron chi connectivity index (χ2n) is 9.41. The van der Waals surface area contributed by atoms with E-state index >= 15 is 0 Å². The molecule has 0 aliphatic carbocycles. The minimum absolute atomic E-state index is 0.140. The fourth-order valence-electron chi connectivity index (χ4n) is 4.91. The zero-order valence-corrected chi connectivity index (χ0v) is 22.5. The number of carbonyl (C=O) groups excluding carboxylic acids is 3. The Bertz CT molecular complexity index is 1410. The Morgan fingerprint density at radius 3 is 2.35 bits per heavy atom. The smallest absolute Gasteiger partial charge is 0.336 e. The first-order valence-electron chi connectivity index (χ1n) is 13.2. The normalized spacial score (nSPS) is 16.8. The van der Waals surface area contributed by atoms with Crippen LogP contribution in [0.1, 0.15) is 59.9 Å². The Kier molecular flexibility index (Phi) is 9.27. The van der Waals surface area contributed by atoms with Crippen LogP contribution < -0.4 is 11.1 Å². The number of nitrogens with one attached hydrogen (secondary N) is 1. The van der Waals surface area contributed by atoms with Crippen LogP contribution in [0.2, 0.25) is 0 Å². The lowest BCUT2D eigenvalue weighted by molar-refractivity contribution is -0.139. The Labute approximate surface area is 232 Å². The lowest BCUT2D eigenvalue weighted by Gasteiger charge is -2.33. The van der Waals surface area contributed by atoms with E-state index in [2.05, 4.69) is 5.32 Å². The van der Waals surface area contributed by atoms with E-state index < -0.39 is 23.7 Å². The molecule has 3 N–H and O–H groups in total. The topological polar surface area (TPSA) is 124 Å². The maximum atomic E-state index is 13.4. The van der Waals surface area contributed by atoms with E-state index in [0.29, 0.717) is 47.6 Å². The van der Waals surface area contributed by atoms with Crippen molar-refractivity contribution in [2.24, 2.45) is 16.6 Å². The number of hydrogen-bond acceptors (Lipinski definition) is 6. The van der Waals surface area contributed by atoms with E-state index in [-0.39, 0.29) is 30.4 Å². The molecule has 2 atom stereocenters. The number of aliphatic imine (C=N–C) groups is 1. The van der Waals surface area contributed by atoms with Crippen molar-refractivity contribution in [3.63, 3.8) is 0 Å². The molecule has 1 aliphatic heterocycles. The molecule has 8 nitrogen and oxygen atoms in total. The van der Waals surface area contributed by atoms with Crippen molar-refractivity contribution < 1.29 is 27.9 Å². The molecule has 0 saturated carbocycles. The van der Waals surface area contributed by atoms with Gasteiger partial charge in [-0.1, -0.05) is 31.2 Å². The number of carbonyl (C=O) groups is 3. The number of primary amides is 1. The van der Waals surface area contributed by atoms with E-state index in [1.54, 1.807) is 55.5 Å². The Morgan fingerprint density at radius 1 is 1.02 bits per heavy atom. The van der Waals surface area contributed by atoms with Gasteiger partial charge in [0, 0.05) is 17.2 Å². The first-order chi connectivity index (χ1) is 19.3. The molecule has 40 heavy (non-hydrogen) atoms. The number of rotatable bonds is 11. The number of allylic oxidation sites excluding steroid dienone is 1. The third-order valence-corrected chi connectivity index (χ3v) is 6.86. The van der Waals surface area contributed by atoms with Gasteiger partial charge in [-0.15, -0.1) is 0 Å². The van der Waals surface area contributed by atoms with Gasteiger partial charge in [0.2, 0.25) is 5.91 Å². The van der Waals surface area contributed by atoms with Crippen LogP contribution >= 0.6 is 0 Å². The molecule has 2 heterocycles. The molecule has 0 spiro atoms. The maximum Gasteiger partial charge on any atom is 0.336 e. The number of furan rings is 1. The van der Waals surface area contributed by atoms with Gasteiger partial charge in [0.25, 0.3) is 5.91 Å². The van der Waals surface area contributed by atoms with Crippen LogP contribution in [0.4, 0.5) is 4.39 Å². The van der Waals surface area contributed by atoms with Gasteiger partial charge in [0.15, 0.2) is 0 Å². The summed E-state index contributed by atoms with van der Waals surface area (Å²) in [5.74, 6) is -2.79. The Hall–Kier alpha value is -4.53. The second-order valence-corrected chi connectivity index (χ2v) is 9.41. The highest BCUT2D eigenvalue weighted by molar-refractivity contribution is 6.09. The van der Waals surface area contributed by atoms with Gasteiger partial charge in [-0.25, -0.2) is 9.18 Å². The number of benzene rings is 2. The van der Waals surface area contributed by atoms with Crippen molar-refractivity contribution in [2.45, 2.75) is 45.6 Å². The molecule has 4 rings (SSSR count). The molecule has 208 valence electrons. The molecule has 9 heteroatoms. The van der Waals surface area contributed by atoms with Crippen molar-refractivity contribution in [1.82, 2.24) is 5.32 Å². The van der Waals surface area contributed by atoms with Crippen molar-refractivity contribution in [3.8, 4) is 0 Å². The van der Waals surface area contributed by atoms with Crippen molar-refractivity contribution in [3.05, 3.63) is 106 Å².